The standard InChI is InChI=1S/C15H12ClFN2O2S/c1-8-11(9-2-4-10(16)5-3-9)12-13(22-8)18-15(21)19(7-6-17)14(12)20/h2-5H,6-7H2,1H3,(H,18,21). The molecule has 0 unspecified atom stereocenters. The van der Waals surface area contributed by atoms with Gasteiger partial charge in [0, 0.05) is 15.5 Å². The summed E-state index contributed by atoms with van der Waals surface area (Å²) in [6.07, 6.45) is 0. The summed E-state index contributed by atoms with van der Waals surface area (Å²) in [5.74, 6) is 0. The lowest BCUT2D eigenvalue weighted by Crippen LogP contribution is -2.35. The summed E-state index contributed by atoms with van der Waals surface area (Å²) < 4.78 is 13.5. The van der Waals surface area contributed by atoms with Crippen LogP contribution in [0.4, 0.5) is 4.39 Å². The summed E-state index contributed by atoms with van der Waals surface area (Å²) in [5, 5.41) is 1.02. The van der Waals surface area contributed by atoms with Crippen molar-refractivity contribution in [1.29, 1.82) is 0 Å². The molecule has 1 N–H and O–H groups in total. The molecule has 0 aliphatic rings. The van der Waals surface area contributed by atoms with Crippen molar-refractivity contribution < 1.29 is 4.39 Å². The SMILES string of the molecule is Cc1sc2[nH]c(=O)n(CCF)c(=O)c2c1-c1ccc(Cl)cc1. The van der Waals surface area contributed by atoms with Gasteiger partial charge < -0.3 is 0 Å². The van der Waals surface area contributed by atoms with E-state index in [2.05, 4.69) is 4.98 Å². The number of nitrogens with one attached hydrogen (secondary N) is 1. The number of rotatable bonds is 3. The Kier molecular flexibility index (Phi) is 3.88. The Morgan fingerprint density at radius 3 is 2.59 bits per heavy atom. The average Bonchev–Trinajstić information content (AvgIpc) is 2.80. The van der Waals surface area contributed by atoms with Gasteiger partial charge in [0.2, 0.25) is 0 Å². The molecule has 0 radical (unpaired) electrons. The minimum atomic E-state index is -0.770. The van der Waals surface area contributed by atoms with Crippen molar-refractivity contribution in [2.45, 2.75) is 13.5 Å². The molecule has 0 saturated carbocycles. The van der Waals surface area contributed by atoms with Crippen molar-refractivity contribution in [3.05, 3.63) is 55.0 Å². The van der Waals surface area contributed by atoms with Crippen LogP contribution in [0.3, 0.4) is 0 Å². The van der Waals surface area contributed by atoms with E-state index in [4.69, 9.17) is 11.6 Å². The van der Waals surface area contributed by atoms with Crippen molar-refractivity contribution >= 4 is 33.2 Å². The first-order chi connectivity index (χ1) is 10.5. The zero-order valence-corrected chi connectivity index (χ0v) is 13.2. The molecule has 3 aromatic rings. The van der Waals surface area contributed by atoms with Crippen molar-refractivity contribution in [3.8, 4) is 11.1 Å². The molecule has 22 heavy (non-hydrogen) atoms. The molecule has 0 bridgehead atoms. The van der Waals surface area contributed by atoms with Crippen molar-refractivity contribution in [3.63, 3.8) is 0 Å². The number of aromatic amines is 1. The number of nitrogens with zero attached hydrogens (tertiary/aromatic N) is 1. The molecule has 4 nitrogen and oxygen atoms in total. The lowest BCUT2D eigenvalue weighted by atomic mass is 10.0. The number of aryl methyl sites for hydroxylation is 1. The first kappa shape index (κ1) is 15.0. The van der Waals surface area contributed by atoms with Gasteiger partial charge in [0.1, 0.15) is 11.5 Å². The Balaban J connectivity index is 2.38. The van der Waals surface area contributed by atoms with Crippen LogP contribution in [-0.4, -0.2) is 16.2 Å². The number of thiophene rings is 1. The first-order valence-electron chi connectivity index (χ1n) is 6.61. The second kappa shape index (κ2) is 5.70. The fourth-order valence-electron chi connectivity index (χ4n) is 2.48. The predicted molar refractivity (Wildman–Crippen MR) is 87.9 cm³/mol. The maximum atomic E-state index is 12.6. The third-order valence-corrected chi connectivity index (χ3v) is 4.72. The normalized spacial score (nSPS) is 11.2. The largest absolute Gasteiger partial charge is 0.329 e. The van der Waals surface area contributed by atoms with Gasteiger partial charge in [0.15, 0.2) is 0 Å². The van der Waals surface area contributed by atoms with E-state index in [9.17, 15) is 14.0 Å². The average molecular weight is 339 g/mol. The highest BCUT2D eigenvalue weighted by Gasteiger charge is 2.17. The number of fused-ring (bicyclic) bond motifs is 1. The highest BCUT2D eigenvalue weighted by Crippen LogP contribution is 2.35. The Hall–Kier alpha value is -1.92. The lowest BCUT2D eigenvalue weighted by molar-refractivity contribution is 0.434. The van der Waals surface area contributed by atoms with Gasteiger partial charge >= 0.3 is 5.69 Å². The molecule has 0 fully saturated rings. The summed E-state index contributed by atoms with van der Waals surface area (Å²) >= 11 is 7.23. The van der Waals surface area contributed by atoms with Gasteiger partial charge in [0.05, 0.1) is 11.9 Å². The monoisotopic (exact) mass is 338 g/mol. The highest BCUT2D eigenvalue weighted by molar-refractivity contribution is 7.19. The summed E-state index contributed by atoms with van der Waals surface area (Å²) in [4.78, 5) is 28.5. The molecule has 0 aliphatic heterocycles. The van der Waals surface area contributed by atoms with Crippen molar-refractivity contribution in [2.75, 3.05) is 6.67 Å². The van der Waals surface area contributed by atoms with Crippen LogP contribution < -0.4 is 11.2 Å². The molecule has 2 heterocycles. The van der Waals surface area contributed by atoms with Gasteiger partial charge in [-0.05, 0) is 24.6 Å². The Morgan fingerprint density at radius 2 is 1.95 bits per heavy atom. The maximum Gasteiger partial charge on any atom is 0.329 e. The van der Waals surface area contributed by atoms with E-state index < -0.39 is 17.9 Å². The Labute approximate surface area is 133 Å². The number of alkyl halides is 1. The molecule has 0 saturated heterocycles. The Morgan fingerprint density at radius 1 is 1.27 bits per heavy atom. The zero-order valence-electron chi connectivity index (χ0n) is 11.7. The van der Waals surface area contributed by atoms with Crippen LogP contribution in [0.1, 0.15) is 4.88 Å². The van der Waals surface area contributed by atoms with Crippen molar-refractivity contribution in [1.82, 2.24) is 9.55 Å². The summed E-state index contributed by atoms with van der Waals surface area (Å²) in [7, 11) is 0. The summed E-state index contributed by atoms with van der Waals surface area (Å²) in [6.45, 7) is 0.860. The number of halogens is 2. The number of hydrogen-bond acceptors (Lipinski definition) is 3. The maximum absolute atomic E-state index is 12.6. The van der Waals surface area contributed by atoms with Gasteiger partial charge in [-0.3, -0.25) is 14.3 Å². The molecule has 2 aromatic heterocycles. The van der Waals surface area contributed by atoms with E-state index in [0.29, 0.717) is 15.2 Å². The quantitative estimate of drug-likeness (QED) is 0.796. The minimum Gasteiger partial charge on any atom is -0.298 e. The molecule has 1 aromatic carbocycles. The third-order valence-electron chi connectivity index (χ3n) is 3.45. The molecular weight excluding hydrogens is 327 g/mol. The second-order valence-corrected chi connectivity index (χ2v) is 6.48. The molecule has 0 aliphatic carbocycles. The summed E-state index contributed by atoms with van der Waals surface area (Å²) in [5.41, 5.74) is 0.541. The summed E-state index contributed by atoms with van der Waals surface area (Å²) in [6, 6.07) is 7.12. The predicted octanol–water partition coefficient (Wildman–Crippen LogP) is 3.35. The van der Waals surface area contributed by atoms with Gasteiger partial charge in [0.25, 0.3) is 5.56 Å². The minimum absolute atomic E-state index is 0.251. The lowest BCUT2D eigenvalue weighted by Gasteiger charge is -2.04. The van der Waals surface area contributed by atoms with Gasteiger partial charge in [-0.15, -0.1) is 11.3 Å². The molecular formula is C15H12ClFN2O2S. The van der Waals surface area contributed by atoms with E-state index in [1.54, 1.807) is 12.1 Å². The smallest absolute Gasteiger partial charge is 0.298 e. The number of hydrogen-bond donors (Lipinski definition) is 1. The Bertz CT molecular complexity index is 957. The molecule has 7 heteroatoms. The van der Waals surface area contributed by atoms with Crippen LogP contribution >= 0.6 is 22.9 Å². The van der Waals surface area contributed by atoms with E-state index in [-0.39, 0.29) is 6.54 Å². The van der Waals surface area contributed by atoms with Gasteiger partial charge in [-0.25, -0.2) is 9.18 Å². The van der Waals surface area contributed by atoms with Crippen LogP contribution in [0.5, 0.6) is 0 Å². The third kappa shape index (κ3) is 2.38. The van der Waals surface area contributed by atoms with Crippen LogP contribution in [0.25, 0.3) is 21.3 Å². The van der Waals surface area contributed by atoms with E-state index in [1.807, 2.05) is 19.1 Å². The fraction of sp³-hybridized carbons (Fsp3) is 0.200. The zero-order chi connectivity index (χ0) is 15.9. The van der Waals surface area contributed by atoms with Crippen molar-refractivity contribution in [2.24, 2.45) is 0 Å². The van der Waals surface area contributed by atoms with Crippen LogP contribution in [0, 0.1) is 6.92 Å². The van der Waals surface area contributed by atoms with Gasteiger partial charge in [-0.1, -0.05) is 23.7 Å². The molecule has 3 rings (SSSR count). The van der Waals surface area contributed by atoms with Crippen LogP contribution in [-0.2, 0) is 6.54 Å². The first-order valence-corrected chi connectivity index (χ1v) is 7.80. The van der Waals surface area contributed by atoms with E-state index in [0.717, 1.165) is 20.6 Å². The van der Waals surface area contributed by atoms with E-state index in [1.165, 1.54) is 11.3 Å². The highest BCUT2D eigenvalue weighted by atomic mass is 35.5. The molecule has 0 spiro atoms. The van der Waals surface area contributed by atoms with E-state index >= 15 is 0 Å². The number of benzene rings is 1. The molecule has 0 atom stereocenters. The second-order valence-electron chi connectivity index (χ2n) is 4.82. The number of H-pyrrole nitrogens is 1. The topological polar surface area (TPSA) is 54.9 Å². The number of aromatic nitrogens is 2. The molecule has 114 valence electrons. The van der Waals surface area contributed by atoms with Gasteiger partial charge in [-0.2, -0.15) is 0 Å². The van der Waals surface area contributed by atoms with Crippen LogP contribution in [0.15, 0.2) is 33.9 Å². The fourth-order valence-corrected chi connectivity index (χ4v) is 3.66. The molecule has 0 amide bonds. The van der Waals surface area contributed by atoms with Crippen LogP contribution in [0.2, 0.25) is 5.02 Å².